The molecule has 0 aliphatic carbocycles. The Labute approximate surface area is 190 Å². The second-order valence-corrected chi connectivity index (χ2v) is 8.53. The van der Waals surface area contributed by atoms with Gasteiger partial charge in [-0.2, -0.15) is 0 Å². The summed E-state index contributed by atoms with van der Waals surface area (Å²) in [6.45, 7) is 3.18. The van der Waals surface area contributed by atoms with Crippen LogP contribution in [0.4, 0.5) is 5.69 Å². The number of thioether (sulfide) groups is 1. The molecule has 1 saturated heterocycles. The van der Waals surface area contributed by atoms with Crippen LogP contribution in [0.3, 0.4) is 0 Å². The average Bonchev–Trinajstić information content (AvgIpc) is 3.32. The fraction of sp³-hybridized carbons (Fsp3) is 0.455. The van der Waals surface area contributed by atoms with E-state index < -0.39 is 17.1 Å². The summed E-state index contributed by atoms with van der Waals surface area (Å²) in [7, 11) is 2.70. The van der Waals surface area contributed by atoms with Crippen molar-refractivity contribution < 1.29 is 14.6 Å². The van der Waals surface area contributed by atoms with E-state index in [1.807, 2.05) is 19.1 Å². The molecule has 1 aromatic heterocycles. The number of ether oxygens (including phenoxy) is 1. The van der Waals surface area contributed by atoms with Crippen molar-refractivity contribution in [3.63, 3.8) is 0 Å². The molecule has 9 nitrogen and oxygen atoms in total. The molecule has 0 bridgehead atoms. The van der Waals surface area contributed by atoms with Crippen molar-refractivity contribution in [2.24, 2.45) is 19.1 Å². The summed E-state index contributed by atoms with van der Waals surface area (Å²) >= 11 is 1.03. The quantitative estimate of drug-likeness (QED) is 0.478. The highest BCUT2D eigenvalue weighted by Crippen LogP contribution is 2.23. The molecule has 2 N–H and O–H groups in total. The third-order valence-corrected chi connectivity index (χ3v) is 6.29. The number of amides is 1. The van der Waals surface area contributed by atoms with Crippen LogP contribution in [0.2, 0.25) is 0 Å². The van der Waals surface area contributed by atoms with Gasteiger partial charge in [0.2, 0.25) is 11.8 Å². The first kappa shape index (κ1) is 23.8. The molecule has 1 fully saturated rings. The lowest BCUT2D eigenvalue weighted by Crippen LogP contribution is -2.40. The highest BCUT2D eigenvalue weighted by molar-refractivity contribution is 8.15. The minimum atomic E-state index is -0.679. The number of carbonyl (C=O) groups excluding carboxylic acids is 1. The maximum Gasteiger partial charge on any atom is 0.333 e. The number of nitrogens with zero attached hydrogens (tertiary/aromatic N) is 3. The third-order valence-electron chi connectivity index (χ3n) is 5.31. The Kier molecular flexibility index (Phi) is 7.92. The molecule has 1 aliphatic rings. The SMILES string of the molecule is CCc1ccc(N=C(SCC(=O)NC[C@@H]2CCCO2)c2c(O)n(C)c(=O)n(C)c2=O)cc1. The van der Waals surface area contributed by atoms with Gasteiger partial charge in [0.15, 0.2) is 0 Å². The first-order valence-electron chi connectivity index (χ1n) is 10.5. The highest BCUT2D eigenvalue weighted by atomic mass is 32.2. The van der Waals surface area contributed by atoms with Gasteiger partial charge in [-0.1, -0.05) is 30.8 Å². The molecule has 0 spiro atoms. The van der Waals surface area contributed by atoms with Crippen molar-refractivity contribution in [1.82, 2.24) is 14.5 Å². The number of rotatable bonds is 7. The minimum Gasteiger partial charge on any atom is -0.494 e. The van der Waals surface area contributed by atoms with Gasteiger partial charge in [-0.05, 0) is 37.0 Å². The Bertz CT molecular complexity index is 1110. The number of hydrogen-bond acceptors (Lipinski definition) is 7. The Morgan fingerprint density at radius 3 is 2.59 bits per heavy atom. The summed E-state index contributed by atoms with van der Waals surface area (Å²) in [6, 6.07) is 7.46. The van der Waals surface area contributed by atoms with Gasteiger partial charge in [-0.3, -0.25) is 18.7 Å². The van der Waals surface area contributed by atoms with E-state index in [0.717, 1.165) is 45.7 Å². The van der Waals surface area contributed by atoms with Gasteiger partial charge in [0.25, 0.3) is 5.56 Å². The Morgan fingerprint density at radius 1 is 1.25 bits per heavy atom. The molecule has 1 aliphatic heterocycles. The third kappa shape index (κ3) is 5.49. The van der Waals surface area contributed by atoms with Crippen LogP contribution in [0, 0.1) is 0 Å². The predicted molar refractivity (Wildman–Crippen MR) is 125 cm³/mol. The number of carbonyl (C=O) groups is 1. The summed E-state index contributed by atoms with van der Waals surface area (Å²) in [4.78, 5) is 41.9. The summed E-state index contributed by atoms with van der Waals surface area (Å²) in [5, 5.41) is 13.6. The van der Waals surface area contributed by atoms with Gasteiger partial charge in [0.05, 0.1) is 17.5 Å². The molecule has 3 rings (SSSR count). The fourth-order valence-corrected chi connectivity index (χ4v) is 4.19. The summed E-state index contributed by atoms with van der Waals surface area (Å²) in [5.41, 5.74) is 0.252. The van der Waals surface area contributed by atoms with E-state index in [1.165, 1.54) is 14.1 Å². The molecular formula is C22H28N4O5S. The van der Waals surface area contributed by atoms with Gasteiger partial charge >= 0.3 is 5.69 Å². The summed E-state index contributed by atoms with van der Waals surface area (Å²) in [6.07, 6.45) is 2.79. The van der Waals surface area contributed by atoms with Crippen molar-refractivity contribution in [1.29, 1.82) is 0 Å². The normalized spacial score (nSPS) is 16.3. The van der Waals surface area contributed by atoms with E-state index in [1.54, 1.807) is 12.1 Å². The standard InChI is InChI=1S/C22H28N4O5S/c1-4-14-7-9-15(10-8-14)24-19(18-20(28)25(2)22(30)26(3)21(18)29)32-13-17(27)23-12-16-6-5-11-31-16/h7-10,16,28H,4-6,11-13H2,1-3H3,(H,23,27)/t16-/m0/s1. The zero-order chi connectivity index (χ0) is 23.3. The number of aryl methyl sites for hydroxylation is 1. The van der Waals surface area contributed by atoms with E-state index >= 15 is 0 Å². The van der Waals surface area contributed by atoms with E-state index in [2.05, 4.69) is 10.3 Å². The Hall–Kier alpha value is -2.85. The molecule has 10 heteroatoms. The molecule has 32 heavy (non-hydrogen) atoms. The number of aliphatic imine (C=N–C) groups is 1. The first-order chi connectivity index (χ1) is 15.3. The lowest BCUT2D eigenvalue weighted by atomic mass is 10.1. The van der Waals surface area contributed by atoms with E-state index in [-0.39, 0.29) is 28.4 Å². The Morgan fingerprint density at radius 2 is 1.97 bits per heavy atom. The summed E-state index contributed by atoms with van der Waals surface area (Å²) < 4.78 is 7.39. The first-order valence-corrected chi connectivity index (χ1v) is 11.5. The van der Waals surface area contributed by atoms with Crippen molar-refractivity contribution in [2.75, 3.05) is 18.9 Å². The van der Waals surface area contributed by atoms with Crippen LogP contribution in [-0.2, 0) is 30.0 Å². The predicted octanol–water partition coefficient (Wildman–Crippen LogP) is 1.46. The van der Waals surface area contributed by atoms with Crippen LogP contribution in [0.15, 0.2) is 38.8 Å². The summed E-state index contributed by atoms with van der Waals surface area (Å²) in [5.74, 6) is -0.737. The molecule has 1 aromatic carbocycles. The van der Waals surface area contributed by atoms with Crippen LogP contribution >= 0.6 is 11.8 Å². The van der Waals surface area contributed by atoms with Crippen LogP contribution in [-0.4, -0.2) is 50.2 Å². The smallest absolute Gasteiger partial charge is 0.333 e. The molecule has 2 aromatic rings. The van der Waals surface area contributed by atoms with Gasteiger partial charge in [0.1, 0.15) is 10.6 Å². The van der Waals surface area contributed by atoms with Gasteiger partial charge in [0, 0.05) is 27.2 Å². The van der Waals surface area contributed by atoms with E-state index in [4.69, 9.17) is 4.74 Å². The van der Waals surface area contributed by atoms with Crippen molar-refractivity contribution in [3.8, 4) is 5.88 Å². The number of aromatic hydroxyl groups is 1. The lowest BCUT2D eigenvalue weighted by Gasteiger charge is -2.13. The van der Waals surface area contributed by atoms with Gasteiger partial charge < -0.3 is 15.2 Å². The monoisotopic (exact) mass is 460 g/mol. The zero-order valence-electron chi connectivity index (χ0n) is 18.5. The molecule has 0 unspecified atom stereocenters. The molecule has 0 saturated carbocycles. The lowest BCUT2D eigenvalue weighted by molar-refractivity contribution is -0.119. The van der Waals surface area contributed by atoms with Crippen LogP contribution in [0.1, 0.15) is 30.9 Å². The van der Waals surface area contributed by atoms with Crippen molar-refractivity contribution in [2.45, 2.75) is 32.3 Å². The van der Waals surface area contributed by atoms with Crippen molar-refractivity contribution >= 4 is 28.4 Å². The van der Waals surface area contributed by atoms with E-state index in [9.17, 15) is 19.5 Å². The van der Waals surface area contributed by atoms with Gasteiger partial charge in [-0.25, -0.2) is 9.79 Å². The molecule has 1 amide bonds. The van der Waals surface area contributed by atoms with Crippen LogP contribution in [0.25, 0.3) is 0 Å². The maximum atomic E-state index is 12.8. The van der Waals surface area contributed by atoms with Crippen molar-refractivity contribution in [3.05, 3.63) is 56.2 Å². The second kappa shape index (κ2) is 10.6. The largest absolute Gasteiger partial charge is 0.494 e. The second-order valence-electron chi connectivity index (χ2n) is 7.57. The van der Waals surface area contributed by atoms with Gasteiger partial charge in [-0.15, -0.1) is 0 Å². The number of aromatic nitrogens is 2. The maximum absolute atomic E-state index is 12.8. The average molecular weight is 461 g/mol. The Balaban J connectivity index is 1.90. The highest BCUT2D eigenvalue weighted by Gasteiger charge is 2.22. The zero-order valence-corrected chi connectivity index (χ0v) is 19.3. The fourth-order valence-electron chi connectivity index (χ4n) is 3.32. The number of hydrogen-bond donors (Lipinski definition) is 2. The topological polar surface area (TPSA) is 115 Å². The molecule has 2 heterocycles. The molecule has 172 valence electrons. The molecular weight excluding hydrogens is 432 g/mol. The van der Waals surface area contributed by atoms with E-state index in [0.29, 0.717) is 18.8 Å². The van der Waals surface area contributed by atoms with Crippen LogP contribution < -0.4 is 16.6 Å². The molecule has 1 atom stereocenters. The number of nitrogens with one attached hydrogen (secondary N) is 1. The number of benzene rings is 1. The molecule has 0 radical (unpaired) electrons. The minimum absolute atomic E-state index is 0.00989. The van der Waals surface area contributed by atoms with Crippen LogP contribution in [0.5, 0.6) is 5.88 Å².